The molecule has 0 atom stereocenters. The smallest absolute Gasteiger partial charge is 0.284 e. The molecule has 4 aromatic rings. The highest BCUT2D eigenvalue weighted by molar-refractivity contribution is 7.99. The Morgan fingerprint density at radius 1 is 0.861 bits per heavy atom. The van der Waals surface area contributed by atoms with Crippen molar-refractivity contribution in [3.05, 3.63) is 81.9 Å². The van der Waals surface area contributed by atoms with Gasteiger partial charge >= 0.3 is 0 Å². The molecule has 0 saturated carbocycles. The van der Waals surface area contributed by atoms with E-state index in [0.29, 0.717) is 22.1 Å². The SMILES string of the molecule is O=C(c1ccc(N2CCSCCOCCSCC2)cc1)c1cc2c(cc1[N+](=O)[O-])oc1ccccc12. The molecule has 1 aliphatic rings. The Bertz CT molecular complexity index is 1370. The van der Waals surface area contributed by atoms with Crippen molar-refractivity contribution in [2.75, 3.05) is 54.2 Å². The zero-order valence-electron chi connectivity index (χ0n) is 19.7. The van der Waals surface area contributed by atoms with Crippen molar-refractivity contribution >= 4 is 62.6 Å². The van der Waals surface area contributed by atoms with E-state index in [1.165, 1.54) is 6.07 Å². The molecule has 9 heteroatoms. The number of benzene rings is 3. The molecule has 0 aliphatic carbocycles. The highest BCUT2D eigenvalue weighted by Crippen LogP contribution is 2.34. The fraction of sp³-hybridized carbons (Fsp3) is 0.296. The van der Waals surface area contributed by atoms with Gasteiger partial charge in [0.2, 0.25) is 0 Å². The highest BCUT2D eigenvalue weighted by atomic mass is 32.2. The van der Waals surface area contributed by atoms with Crippen molar-refractivity contribution in [1.82, 2.24) is 0 Å². The first-order valence-corrected chi connectivity index (χ1v) is 14.2. The van der Waals surface area contributed by atoms with E-state index in [4.69, 9.17) is 9.15 Å². The van der Waals surface area contributed by atoms with E-state index in [1.54, 1.807) is 18.2 Å². The average Bonchev–Trinajstić information content (AvgIpc) is 3.26. The van der Waals surface area contributed by atoms with Crippen LogP contribution in [0.2, 0.25) is 0 Å². The van der Waals surface area contributed by atoms with Gasteiger partial charge in [-0.2, -0.15) is 23.5 Å². The summed E-state index contributed by atoms with van der Waals surface area (Å²) in [5, 5.41) is 13.3. The third-order valence-corrected chi connectivity index (χ3v) is 8.04. The van der Waals surface area contributed by atoms with Crippen LogP contribution in [0.25, 0.3) is 21.9 Å². The van der Waals surface area contributed by atoms with Crippen LogP contribution in [0.15, 0.2) is 65.1 Å². The molecule has 0 radical (unpaired) electrons. The van der Waals surface area contributed by atoms with Gasteiger partial charge in [0.25, 0.3) is 5.69 Å². The molecule has 186 valence electrons. The second-order valence-electron chi connectivity index (χ2n) is 8.42. The number of nitro benzene ring substituents is 1. The first-order chi connectivity index (χ1) is 17.6. The predicted molar refractivity (Wildman–Crippen MR) is 148 cm³/mol. The molecule has 5 rings (SSSR count). The molecule has 7 nitrogen and oxygen atoms in total. The van der Waals surface area contributed by atoms with Crippen LogP contribution in [0.5, 0.6) is 0 Å². The molecule has 0 spiro atoms. The fourth-order valence-corrected chi connectivity index (χ4v) is 5.91. The molecule has 2 heterocycles. The third kappa shape index (κ3) is 5.38. The maximum Gasteiger partial charge on any atom is 0.284 e. The summed E-state index contributed by atoms with van der Waals surface area (Å²) < 4.78 is 11.4. The Balaban J connectivity index is 1.42. The third-order valence-electron chi connectivity index (χ3n) is 6.19. The number of hydrogen-bond donors (Lipinski definition) is 0. The van der Waals surface area contributed by atoms with E-state index in [9.17, 15) is 14.9 Å². The lowest BCUT2D eigenvalue weighted by atomic mass is 9.99. The first-order valence-electron chi connectivity index (χ1n) is 11.8. The van der Waals surface area contributed by atoms with Crippen molar-refractivity contribution in [2.45, 2.75) is 0 Å². The van der Waals surface area contributed by atoms with Gasteiger partial charge in [-0.15, -0.1) is 0 Å². The van der Waals surface area contributed by atoms with E-state index in [2.05, 4.69) is 4.90 Å². The van der Waals surface area contributed by atoms with Crippen molar-refractivity contribution in [2.24, 2.45) is 0 Å². The number of carbonyl (C=O) groups is 1. The Morgan fingerprint density at radius 3 is 2.25 bits per heavy atom. The Morgan fingerprint density at radius 2 is 1.56 bits per heavy atom. The van der Waals surface area contributed by atoms with Gasteiger partial charge in [0.1, 0.15) is 16.7 Å². The zero-order valence-corrected chi connectivity index (χ0v) is 21.3. The largest absolute Gasteiger partial charge is 0.456 e. The van der Waals surface area contributed by atoms with E-state index < -0.39 is 4.92 Å². The standard InChI is InChI=1S/C27H26N2O5S2/c30-27(23-17-22-21-3-1-2-4-25(21)34-26(22)18-24(23)29(31)32)19-5-7-20(8-6-19)28-9-13-35-15-11-33-12-16-36-14-10-28/h1-8,17-18H,9-16H2. The molecule has 0 N–H and O–H groups in total. The van der Waals surface area contributed by atoms with Crippen molar-refractivity contribution in [3.63, 3.8) is 0 Å². The number of nitrogens with zero attached hydrogens (tertiary/aromatic N) is 2. The van der Waals surface area contributed by atoms with Crippen LogP contribution in [0.1, 0.15) is 15.9 Å². The fourth-order valence-electron chi connectivity index (χ4n) is 4.33. The number of furan rings is 1. The number of carbonyl (C=O) groups excluding carboxylic acids is 1. The maximum atomic E-state index is 13.4. The summed E-state index contributed by atoms with van der Waals surface area (Å²) >= 11 is 3.76. The second kappa shape index (κ2) is 11.4. The number of ether oxygens (including phenoxy) is 1. The van der Waals surface area contributed by atoms with Crippen LogP contribution in [-0.4, -0.2) is 60.0 Å². The summed E-state index contributed by atoms with van der Waals surface area (Å²) in [5.41, 5.74) is 2.30. The summed E-state index contributed by atoms with van der Waals surface area (Å²) in [6.07, 6.45) is 0. The minimum absolute atomic E-state index is 0.0631. The molecule has 0 amide bonds. The number of para-hydroxylation sites is 1. The Hall–Kier alpha value is -3.01. The number of hydrogen-bond acceptors (Lipinski definition) is 8. The zero-order chi connectivity index (χ0) is 24.9. The van der Waals surface area contributed by atoms with Gasteiger partial charge in [-0.05, 0) is 36.4 Å². The Labute approximate surface area is 217 Å². The lowest BCUT2D eigenvalue weighted by Gasteiger charge is -2.25. The van der Waals surface area contributed by atoms with Crippen molar-refractivity contribution in [1.29, 1.82) is 0 Å². The maximum absolute atomic E-state index is 13.4. The van der Waals surface area contributed by atoms with Gasteiger partial charge in [0, 0.05) is 58.1 Å². The normalized spacial score (nSPS) is 15.9. The minimum Gasteiger partial charge on any atom is -0.456 e. The predicted octanol–water partition coefficient (Wildman–Crippen LogP) is 6.03. The second-order valence-corrected chi connectivity index (χ2v) is 10.9. The molecular formula is C27H26N2O5S2. The number of ketones is 1. The summed E-state index contributed by atoms with van der Waals surface area (Å²) in [6, 6.07) is 17.8. The van der Waals surface area contributed by atoms with Crippen LogP contribution < -0.4 is 4.90 Å². The summed E-state index contributed by atoms with van der Waals surface area (Å²) in [7, 11) is 0. The van der Waals surface area contributed by atoms with Gasteiger partial charge in [-0.25, -0.2) is 0 Å². The van der Waals surface area contributed by atoms with E-state index in [0.717, 1.165) is 60.4 Å². The number of thioether (sulfide) groups is 2. The highest BCUT2D eigenvalue weighted by Gasteiger charge is 2.25. The molecule has 1 aromatic heterocycles. The molecule has 0 unspecified atom stereocenters. The van der Waals surface area contributed by atoms with Crippen molar-refractivity contribution < 1.29 is 18.9 Å². The number of anilines is 1. The van der Waals surface area contributed by atoms with Crippen LogP contribution in [0.3, 0.4) is 0 Å². The number of nitro groups is 1. The van der Waals surface area contributed by atoms with Crippen LogP contribution in [0, 0.1) is 10.1 Å². The molecule has 1 fully saturated rings. The van der Waals surface area contributed by atoms with Crippen LogP contribution in [0.4, 0.5) is 11.4 Å². The van der Waals surface area contributed by atoms with Gasteiger partial charge in [0.15, 0.2) is 5.78 Å². The topological polar surface area (TPSA) is 85.8 Å². The lowest BCUT2D eigenvalue weighted by molar-refractivity contribution is -0.385. The van der Waals surface area contributed by atoms with E-state index in [1.807, 2.05) is 59.9 Å². The monoisotopic (exact) mass is 522 g/mol. The minimum atomic E-state index is -0.523. The number of rotatable bonds is 4. The lowest BCUT2D eigenvalue weighted by Crippen LogP contribution is -2.29. The summed E-state index contributed by atoms with van der Waals surface area (Å²) in [4.78, 5) is 27.1. The van der Waals surface area contributed by atoms with E-state index >= 15 is 0 Å². The quantitative estimate of drug-likeness (QED) is 0.182. The van der Waals surface area contributed by atoms with E-state index in [-0.39, 0.29) is 17.0 Å². The first kappa shape index (κ1) is 24.7. The van der Waals surface area contributed by atoms with Gasteiger partial charge in [0.05, 0.1) is 24.2 Å². The van der Waals surface area contributed by atoms with Gasteiger partial charge < -0.3 is 14.1 Å². The molecule has 3 aromatic carbocycles. The molecule has 1 saturated heterocycles. The van der Waals surface area contributed by atoms with Crippen molar-refractivity contribution in [3.8, 4) is 0 Å². The molecule has 36 heavy (non-hydrogen) atoms. The Kier molecular flexibility index (Phi) is 7.79. The number of fused-ring (bicyclic) bond motifs is 3. The average molecular weight is 523 g/mol. The van der Waals surface area contributed by atoms with Gasteiger partial charge in [-0.3, -0.25) is 14.9 Å². The summed E-state index contributed by atoms with van der Waals surface area (Å²) in [5.74, 6) is 3.60. The van der Waals surface area contributed by atoms with Crippen LogP contribution >= 0.6 is 23.5 Å². The molecule has 0 bridgehead atoms. The molecular weight excluding hydrogens is 496 g/mol. The van der Waals surface area contributed by atoms with Crippen LogP contribution in [-0.2, 0) is 4.74 Å². The van der Waals surface area contributed by atoms with Gasteiger partial charge in [-0.1, -0.05) is 18.2 Å². The molecule has 1 aliphatic heterocycles. The summed E-state index contributed by atoms with van der Waals surface area (Å²) in [6.45, 7) is 3.39.